The molecule has 0 N–H and O–H groups in total. The monoisotopic (exact) mass is 379 g/mol. The van der Waals surface area contributed by atoms with Crippen LogP contribution in [0.1, 0.15) is 46.6 Å². The normalized spacial score (nSPS) is 12.8. The van der Waals surface area contributed by atoms with Gasteiger partial charge in [-0.3, -0.25) is 14.5 Å². The summed E-state index contributed by atoms with van der Waals surface area (Å²) >= 11 is 0. The highest BCUT2D eigenvalue weighted by molar-refractivity contribution is 5.95. The number of rotatable bonds is 9. The van der Waals surface area contributed by atoms with Crippen molar-refractivity contribution in [3.63, 3.8) is 0 Å². The van der Waals surface area contributed by atoms with Crippen LogP contribution in [0.3, 0.4) is 0 Å². The first-order valence-electron chi connectivity index (χ1n) is 9.25. The van der Waals surface area contributed by atoms with E-state index in [1.54, 1.807) is 27.9 Å². The third-order valence-corrected chi connectivity index (χ3v) is 4.16. The van der Waals surface area contributed by atoms with Gasteiger partial charge in [-0.25, -0.2) is 0 Å². The minimum absolute atomic E-state index is 0.254. The molecule has 27 heavy (non-hydrogen) atoms. The van der Waals surface area contributed by atoms with Crippen LogP contribution in [0.2, 0.25) is 0 Å². The molecule has 0 radical (unpaired) electrons. The van der Waals surface area contributed by atoms with E-state index in [9.17, 15) is 9.59 Å². The molecule has 1 aromatic carbocycles. The lowest BCUT2D eigenvalue weighted by atomic mass is 10.0. The van der Waals surface area contributed by atoms with Gasteiger partial charge < -0.3 is 14.2 Å². The third-order valence-electron chi connectivity index (χ3n) is 4.16. The average Bonchev–Trinajstić information content (AvgIpc) is 2.59. The lowest BCUT2D eigenvalue weighted by Gasteiger charge is -2.28. The second kappa shape index (κ2) is 10.3. The molecule has 152 valence electrons. The summed E-state index contributed by atoms with van der Waals surface area (Å²) in [5.74, 6) is -1.21. The van der Waals surface area contributed by atoms with E-state index in [0.29, 0.717) is 19.5 Å². The Balaban J connectivity index is 2.80. The predicted molar refractivity (Wildman–Crippen MR) is 105 cm³/mol. The van der Waals surface area contributed by atoms with E-state index >= 15 is 0 Å². The van der Waals surface area contributed by atoms with Crippen molar-refractivity contribution < 1.29 is 23.8 Å². The number of benzene rings is 1. The summed E-state index contributed by atoms with van der Waals surface area (Å²) in [4.78, 5) is 26.7. The average molecular weight is 379 g/mol. The summed E-state index contributed by atoms with van der Waals surface area (Å²) in [6.07, 6.45) is 0.343. The van der Waals surface area contributed by atoms with Crippen molar-refractivity contribution in [3.8, 4) is 5.75 Å². The molecule has 6 nitrogen and oxygen atoms in total. The molecule has 0 bridgehead atoms. The minimum atomic E-state index is -0.925. The zero-order chi connectivity index (χ0) is 20.6. The molecule has 0 aliphatic rings. The van der Waals surface area contributed by atoms with Crippen molar-refractivity contribution in [2.45, 2.75) is 59.2 Å². The van der Waals surface area contributed by atoms with E-state index in [1.807, 2.05) is 24.3 Å². The van der Waals surface area contributed by atoms with Gasteiger partial charge in [0.1, 0.15) is 11.4 Å². The largest absolute Gasteiger partial charge is 0.497 e. The van der Waals surface area contributed by atoms with Crippen LogP contribution < -0.4 is 4.74 Å². The number of nitrogens with zero attached hydrogens (tertiary/aromatic N) is 1. The summed E-state index contributed by atoms with van der Waals surface area (Å²) in [6.45, 7) is 10.8. The van der Waals surface area contributed by atoms with Crippen molar-refractivity contribution in [1.29, 1.82) is 0 Å². The lowest BCUT2D eigenvalue weighted by molar-refractivity contribution is -0.168. The molecule has 6 heteroatoms. The van der Waals surface area contributed by atoms with Gasteiger partial charge >= 0.3 is 11.9 Å². The summed E-state index contributed by atoms with van der Waals surface area (Å²) in [7, 11) is 2.93. The Hall–Kier alpha value is -2.08. The zero-order valence-corrected chi connectivity index (χ0v) is 17.6. The molecular weight excluding hydrogens is 346 g/mol. The van der Waals surface area contributed by atoms with Crippen LogP contribution in [0.5, 0.6) is 5.75 Å². The van der Waals surface area contributed by atoms with Gasteiger partial charge in [0.05, 0.1) is 14.2 Å². The molecular formula is C21H33NO5. The summed E-state index contributed by atoms with van der Waals surface area (Å²) < 4.78 is 15.4. The number of carbonyl (C=O) groups excluding carboxylic acids is 2. The van der Waals surface area contributed by atoms with Crippen molar-refractivity contribution in [3.05, 3.63) is 29.8 Å². The Morgan fingerprint density at radius 3 is 2.07 bits per heavy atom. The van der Waals surface area contributed by atoms with E-state index in [1.165, 1.54) is 7.11 Å². The van der Waals surface area contributed by atoms with E-state index in [-0.39, 0.29) is 6.04 Å². The van der Waals surface area contributed by atoms with Crippen LogP contribution in [0, 0.1) is 5.92 Å². The number of esters is 2. The van der Waals surface area contributed by atoms with Crippen LogP contribution >= 0.6 is 0 Å². The van der Waals surface area contributed by atoms with Crippen molar-refractivity contribution >= 4 is 11.9 Å². The van der Waals surface area contributed by atoms with Gasteiger partial charge in [0.2, 0.25) is 0 Å². The van der Waals surface area contributed by atoms with Gasteiger partial charge in [0, 0.05) is 19.1 Å². The zero-order valence-electron chi connectivity index (χ0n) is 17.6. The summed E-state index contributed by atoms with van der Waals surface area (Å²) in [5, 5.41) is 0. The van der Waals surface area contributed by atoms with Gasteiger partial charge in [0.25, 0.3) is 0 Å². The highest BCUT2D eigenvalue weighted by Gasteiger charge is 2.32. The van der Waals surface area contributed by atoms with Crippen LogP contribution in [0.15, 0.2) is 24.3 Å². The fraction of sp³-hybridized carbons (Fsp3) is 0.619. The fourth-order valence-electron chi connectivity index (χ4n) is 2.63. The molecule has 1 aromatic rings. The first kappa shape index (κ1) is 23.0. The quantitative estimate of drug-likeness (QED) is 0.484. The molecule has 0 heterocycles. The second-order valence-electron chi connectivity index (χ2n) is 7.81. The van der Waals surface area contributed by atoms with Crippen LogP contribution in [-0.2, 0) is 25.6 Å². The number of hydrogen-bond donors (Lipinski definition) is 0. The molecule has 1 rings (SSSR count). The van der Waals surface area contributed by atoms with Gasteiger partial charge in [0.15, 0.2) is 5.92 Å². The Morgan fingerprint density at radius 1 is 1.04 bits per heavy atom. The summed E-state index contributed by atoms with van der Waals surface area (Å²) in [6, 6.07) is 8.13. The molecule has 0 spiro atoms. The molecule has 1 atom stereocenters. The highest BCUT2D eigenvalue weighted by atomic mass is 16.6. The van der Waals surface area contributed by atoms with Gasteiger partial charge in [-0.15, -0.1) is 0 Å². The molecule has 0 saturated carbocycles. The summed E-state index contributed by atoms with van der Waals surface area (Å²) in [5.41, 5.74) is 0.487. The standard InChI is InChI=1S/C21H33NO5/c1-15(2)22(14-16-8-10-17(25-6)11-9-16)13-12-18(19(23)26-7)20(24)27-21(3,4)5/h8-11,15,18H,12-14H2,1-7H3. The lowest BCUT2D eigenvalue weighted by Crippen LogP contribution is -2.38. The first-order valence-corrected chi connectivity index (χ1v) is 9.25. The van der Waals surface area contributed by atoms with Crippen LogP contribution in [-0.4, -0.2) is 49.2 Å². The third kappa shape index (κ3) is 7.99. The Labute approximate surface area is 162 Å². The second-order valence-corrected chi connectivity index (χ2v) is 7.81. The van der Waals surface area contributed by atoms with Crippen LogP contribution in [0.4, 0.5) is 0 Å². The van der Waals surface area contributed by atoms with Gasteiger partial charge in [-0.05, 0) is 58.7 Å². The Morgan fingerprint density at radius 2 is 1.63 bits per heavy atom. The van der Waals surface area contributed by atoms with Crippen molar-refractivity contribution in [2.75, 3.05) is 20.8 Å². The van der Waals surface area contributed by atoms with Crippen molar-refractivity contribution in [2.24, 2.45) is 5.92 Å². The Bertz CT molecular complexity index is 604. The van der Waals surface area contributed by atoms with Gasteiger partial charge in [-0.2, -0.15) is 0 Å². The maximum absolute atomic E-state index is 12.4. The predicted octanol–water partition coefficient (Wildman–Crippen LogP) is 3.43. The van der Waals surface area contributed by atoms with Crippen molar-refractivity contribution in [1.82, 2.24) is 4.90 Å². The number of hydrogen-bond acceptors (Lipinski definition) is 6. The molecule has 0 amide bonds. The van der Waals surface area contributed by atoms with E-state index < -0.39 is 23.5 Å². The SMILES string of the molecule is COC(=O)C(CCN(Cc1ccc(OC)cc1)C(C)C)C(=O)OC(C)(C)C. The molecule has 0 aromatic heterocycles. The molecule has 0 saturated heterocycles. The number of ether oxygens (including phenoxy) is 3. The van der Waals surface area contributed by atoms with E-state index in [4.69, 9.17) is 14.2 Å². The number of methoxy groups -OCH3 is 2. The Kier molecular flexibility index (Phi) is 8.76. The van der Waals surface area contributed by atoms with E-state index in [2.05, 4.69) is 18.7 Å². The first-order chi connectivity index (χ1) is 12.6. The fourth-order valence-corrected chi connectivity index (χ4v) is 2.63. The highest BCUT2D eigenvalue weighted by Crippen LogP contribution is 2.18. The molecule has 0 fully saturated rings. The minimum Gasteiger partial charge on any atom is -0.497 e. The van der Waals surface area contributed by atoms with Gasteiger partial charge in [-0.1, -0.05) is 12.1 Å². The molecule has 0 aliphatic heterocycles. The number of carbonyl (C=O) groups is 2. The maximum Gasteiger partial charge on any atom is 0.320 e. The molecule has 1 unspecified atom stereocenters. The topological polar surface area (TPSA) is 65.1 Å². The smallest absolute Gasteiger partial charge is 0.320 e. The maximum atomic E-state index is 12.4. The van der Waals surface area contributed by atoms with Crippen LogP contribution in [0.25, 0.3) is 0 Å². The molecule has 0 aliphatic carbocycles. The van der Waals surface area contributed by atoms with E-state index in [0.717, 1.165) is 11.3 Å².